The van der Waals surface area contributed by atoms with Crippen LogP contribution in [0.1, 0.15) is 97.8 Å². The second kappa shape index (κ2) is 14.6. The molecular formula is C36H43N3O3S. The second-order valence-electron chi connectivity index (χ2n) is 12.4. The predicted molar refractivity (Wildman–Crippen MR) is 175 cm³/mol. The maximum atomic E-state index is 10.8. The normalized spacial score (nSPS) is 16.7. The zero-order valence-corrected chi connectivity index (χ0v) is 26.5. The van der Waals surface area contributed by atoms with E-state index in [0.29, 0.717) is 23.0 Å². The smallest absolute Gasteiger partial charge is 0.303 e. The van der Waals surface area contributed by atoms with Crippen LogP contribution < -0.4 is 5.73 Å². The largest absolute Gasteiger partial charge is 0.481 e. The number of benzene rings is 2. The Morgan fingerprint density at radius 2 is 1.47 bits per heavy atom. The number of aromatic nitrogens is 2. The van der Waals surface area contributed by atoms with Crippen LogP contribution in [0.2, 0.25) is 0 Å². The van der Waals surface area contributed by atoms with Crippen molar-refractivity contribution in [3.05, 3.63) is 93.9 Å². The van der Waals surface area contributed by atoms with E-state index in [0.717, 1.165) is 28.2 Å². The number of nitrogens with zero attached hydrogens (tertiary/aromatic N) is 2. The molecule has 0 unspecified atom stereocenters. The van der Waals surface area contributed by atoms with Crippen molar-refractivity contribution in [2.45, 2.75) is 84.0 Å². The number of carbonyl (C=O) groups excluding carboxylic acids is 1. The summed E-state index contributed by atoms with van der Waals surface area (Å²) in [6, 6.07) is 20.5. The molecule has 6 nitrogen and oxygen atoms in total. The van der Waals surface area contributed by atoms with Crippen LogP contribution in [0, 0.1) is 5.92 Å². The number of thiophene rings is 1. The molecule has 0 atom stereocenters. The summed E-state index contributed by atoms with van der Waals surface area (Å²) in [4.78, 5) is 32.4. The summed E-state index contributed by atoms with van der Waals surface area (Å²) in [5, 5.41) is 8.81. The Morgan fingerprint density at radius 3 is 1.95 bits per heavy atom. The van der Waals surface area contributed by atoms with Gasteiger partial charge in [0.15, 0.2) is 5.82 Å². The summed E-state index contributed by atoms with van der Waals surface area (Å²) in [7, 11) is 0. The molecule has 43 heavy (non-hydrogen) atoms. The van der Waals surface area contributed by atoms with Crippen molar-refractivity contribution in [1.29, 1.82) is 0 Å². The van der Waals surface area contributed by atoms with E-state index >= 15 is 0 Å². The number of rotatable bonds is 8. The third-order valence-corrected chi connectivity index (χ3v) is 9.74. The molecule has 1 aliphatic carbocycles. The first-order valence-electron chi connectivity index (χ1n) is 15.2. The Morgan fingerprint density at radius 1 is 0.860 bits per heavy atom. The molecule has 1 fully saturated rings. The van der Waals surface area contributed by atoms with Crippen LogP contribution in [-0.2, 0) is 16.6 Å². The van der Waals surface area contributed by atoms with Gasteiger partial charge in [-0.15, -0.1) is 11.3 Å². The first kappa shape index (κ1) is 32.1. The Hall–Kier alpha value is -3.84. The Kier molecular flexibility index (Phi) is 10.9. The topological polar surface area (TPSA) is 106 Å². The van der Waals surface area contributed by atoms with Gasteiger partial charge in [0.2, 0.25) is 0 Å². The molecule has 4 aromatic rings. The van der Waals surface area contributed by atoms with E-state index in [1.165, 1.54) is 53.9 Å². The van der Waals surface area contributed by atoms with Crippen molar-refractivity contribution < 1.29 is 14.7 Å². The molecule has 0 aliphatic heterocycles. The molecule has 2 aromatic heterocycles. The summed E-state index contributed by atoms with van der Waals surface area (Å²) < 4.78 is 0. The van der Waals surface area contributed by atoms with Crippen LogP contribution in [0.5, 0.6) is 0 Å². The first-order chi connectivity index (χ1) is 20.5. The highest BCUT2D eigenvalue weighted by Gasteiger charge is 2.21. The van der Waals surface area contributed by atoms with Crippen molar-refractivity contribution in [3.8, 4) is 22.5 Å². The third kappa shape index (κ3) is 9.07. The molecule has 5 rings (SSSR count). The molecular weight excluding hydrogens is 554 g/mol. The minimum absolute atomic E-state index is 0.109. The van der Waals surface area contributed by atoms with E-state index in [1.54, 1.807) is 6.07 Å². The molecule has 3 N–H and O–H groups in total. The van der Waals surface area contributed by atoms with Gasteiger partial charge in [-0.25, -0.2) is 9.97 Å². The monoisotopic (exact) mass is 597 g/mol. The summed E-state index contributed by atoms with van der Waals surface area (Å²) in [6.45, 7) is 8.65. The molecule has 226 valence electrons. The number of hydrogen-bond acceptors (Lipinski definition) is 5. The lowest BCUT2D eigenvalue weighted by atomic mass is 9.78. The van der Waals surface area contributed by atoms with Gasteiger partial charge in [0.1, 0.15) is 0 Å². The average Bonchev–Trinajstić information content (AvgIpc) is 3.53. The van der Waals surface area contributed by atoms with E-state index in [2.05, 4.69) is 61.9 Å². The van der Waals surface area contributed by atoms with Crippen molar-refractivity contribution in [3.63, 3.8) is 0 Å². The number of aliphatic carboxylic acids is 1. The van der Waals surface area contributed by atoms with Crippen molar-refractivity contribution in [1.82, 2.24) is 9.97 Å². The number of primary amides is 1. The third-order valence-electron chi connectivity index (χ3n) is 8.22. The van der Waals surface area contributed by atoms with E-state index < -0.39 is 5.97 Å². The molecule has 1 amide bonds. The van der Waals surface area contributed by atoms with E-state index in [1.807, 2.05) is 42.7 Å². The molecule has 7 heteroatoms. The lowest BCUT2D eigenvalue weighted by Gasteiger charge is -2.28. The predicted octanol–water partition coefficient (Wildman–Crippen LogP) is 8.66. The van der Waals surface area contributed by atoms with Gasteiger partial charge in [-0.05, 0) is 78.2 Å². The van der Waals surface area contributed by atoms with Crippen LogP contribution >= 0.6 is 11.3 Å². The number of carboxylic acid groups (broad SMARTS) is 1. The van der Waals surface area contributed by atoms with Gasteiger partial charge in [-0.3, -0.25) is 9.59 Å². The Labute approximate surface area is 259 Å². The number of aryl methyl sites for hydroxylation is 1. The summed E-state index contributed by atoms with van der Waals surface area (Å²) in [5.74, 6) is 1.19. The molecule has 1 saturated carbocycles. The van der Waals surface area contributed by atoms with Gasteiger partial charge in [0.25, 0.3) is 5.91 Å². The minimum Gasteiger partial charge on any atom is -0.481 e. The Bertz CT molecular complexity index is 1480. The zero-order valence-electron chi connectivity index (χ0n) is 25.7. The van der Waals surface area contributed by atoms with Crippen LogP contribution in [-0.4, -0.2) is 27.0 Å². The molecule has 0 saturated heterocycles. The SMILES string of the molecule is CC(C)(C)c1ccc(C(N)=O)s1.CCC1CCC(c2ccc(-c3cnc(-c4ccc(CCC(=O)O)cc4)nc3)cc2)CC1. The molecule has 0 radical (unpaired) electrons. The molecule has 2 heterocycles. The molecule has 1 aliphatic rings. The van der Waals surface area contributed by atoms with Crippen LogP contribution in [0.3, 0.4) is 0 Å². The van der Waals surface area contributed by atoms with E-state index in [9.17, 15) is 9.59 Å². The molecule has 2 aromatic carbocycles. The lowest BCUT2D eigenvalue weighted by Crippen LogP contribution is -2.12. The standard InChI is InChI=1S/C27H30N2O2.C9H13NOS/c1-2-19-3-8-21(9-4-19)22-12-14-23(15-13-22)25-17-28-27(29-18-25)24-10-5-20(6-11-24)7-16-26(30)31;1-9(2,3)7-5-4-6(12-7)8(10)11/h5-6,10-15,17-19,21H,2-4,7-9,16H2,1H3,(H,30,31);4-5H,1-3H3,(H2,10,11). The highest BCUT2D eigenvalue weighted by Crippen LogP contribution is 2.37. The number of carbonyl (C=O) groups is 2. The van der Waals surface area contributed by atoms with Crippen LogP contribution in [0.15, 0.2) is 73.1 Å². The molecule has 0 spiro atoms. The minimum atomic E-state index is -0.778. The molecule has 0 bridgehead atoms. The van der Waals surface area contributed by atoms with Gasteiger partial charge in [-0.1, -0.05) is 82.6 Å². The van der Waals surface area contributed by atoms with Gasteiger partial charge in [0, 0.05) is 34.8 Å². The quantitative estimate of drug-likeness (QED) is 0.211. The summed E-state index contributed by atoms with van der Waals surface area (Å²) in [6.07, 6.45) is 11.1. The lowest BCUT2D eigenvalue weighted by molar-refractivity contribution is -0.136. The van der Waals surface area contributed by atoms with Crippen LogP contribution in [0.25, 0.3) is 22.5 Å². The number of carboxylic acids is 1. The van der Waals surface area contributed by atoms with Crippen LogP contribution in [0.4, 0.5) is 0 Å². The first-order valence-corrected chi connectivity index (χ1v) is 16.0. The number of hydrogen-bond donors (Lipinski definition) is 2. The highest BCUT2D eigenvalue weighted by molar-refractivity contribution is 7.14. The fraction of sp³-hybridized carbons (Fsp3) is 0.389. The zero-order chi connectivity index (χ0) is 31.0. The fourth-order valence-electron chi connectivity index (χ4n) is 5.42. The van der Waals surface area contributed by atoms with Crippen molar-refractivity contribution >= 4 is 23.2 Å². The number of nitrogens with two attached hydrogens (primary N) is 1. The van der Waals surface area contributed by atoms with E-state index in [4.69, 9.17) is 10.8 Å². The summed E-state index contributed by atoms with van der Waals surface area (Å²) >= 11 is 1.47. The fourth-order valence-corrected chi connectivity index (χ4v) is 6.34. The maximum absolute atomic E-state index is 10.8. The van der Waals surface area contributed by atoms with Gasteiger partial charge >= 0.3 is 5.97 Å². The van der Waals surface area contributed by atoms with Gasteiger partial charge in [0.05, 0.1) is 4.88 Å². The van der Waals surface area contributed by atoms with Crippen molar-refractivity contribution in [2.75, 3.05) is 0 Å². The van der Waals surface area contributed by atoms with Gasteiger partial charge < -0.3 is 10.8 Å². The Balaban J connectivity index is 0.000000296. The average molecular weight is 598 g/mol. The second-order valence-corrected chi connectivity index (χ2v) is 13.5. The maximum Gasteiger partial charge on any atom is 0.303 e. The van der Waals surface area contributed by atoms with Crippen molar-refractivity contribution in [2.24, 2.45) is 11.7 Å². The van der Waals surface area contributed by atoms with E-state index in [-0.39, 0.29) is 17.7 Å². The summed E-state index contributed by atoms with van der Waals surface area (Å²) in [5.41, 5.74) is 10.8. The highest BCUT2D eigenvalue weighted by atomic mass is 32.1. The number of amides is 1. The van der Waals surface area contributed by atoms with Gasteiger partial charge in [-0.2, -0.15) is 0 Å².